The second kappa shape index (κ2) is 8.86. The number of nitriles is 1. The van der Waals surface area contributed by atoms with E-state index in [9.17, 15) is 9.50 Å². The highest BCUT2D eigenvalue weighted by molar-refractivity contribution is 5.70. The molecular formula is C22H25FN8O. The van der Waals surface area contributed by atoms with Gasteiger partial charge in [-0.15, -0.1) is 10.2 Å². The zero-order valence-electron chi connectivity index (χ0n) is 18.3. The SMILES string of the molecule is CC[C@@H]1CC[C@H](F)[C@H](N(C)c2cnc(-c3ccc(-c4nc(C#N)n(C)n4)cc3O)nn2)C1. The molecule has 32 heavy (non-hydrogen) atoms. The number of aromatic nitrogens is 6. The summed E-state index contributed by atoms with van der Waals surface area (Å²) in [6, 6.07) is 6.58. The van der Waals surface area contributed by atoms with E-state index < -0.39 is 6.17 Å². The number of aromatic hydroxyl groups is 1. The third-order valence-electron chi connectivity index (χ3n) is 6.19. The Labute approximate surface area is 185 Å². The summed E-state index contributed by atoms with van der Waals surface area (Å²) in [6.45, 7) is 2.14. The van der Waals surface area contributed by atoms with E-state index in [2.05, 4.69) is 32.2 Å². The third-order valence-corrected chi connectivity index (χ3v) is 6.19. The molecule has 0 radical (unpaired) electrons. The van der Waals surface area contributed by atoms with Gasteiger partial charge in [0, 0.05) is 19.7 Å². The van der Waals surface area contributed by atoms with Crippen LogP contribution in [0.5, 0.6) is 5.75 Å². The summed E-state index contributed by atoms with van der Waals surface area (Å²) < 4.78 is 15.9. The van der Waals surface area contributed by atoms with Gasteiger partial charge in [-0.05, 0) is 37.3 Å². The average molecular weight is 436 g/mol. The normalized spacial score (nSPS) is 20.7. The molecule has 1 aliphatic carbocycles. The van der Waals surface area contributed by atoms with Gasteiger partial charge in [0.1, 0.15) is 18.0 Å². The number of phenolic OH excluding ortho intramolecular Hbond substituents is 1. The van der Waals surface area contributed by atoms with Crippen LogP contribution in [-0.2, 0) is 7.05 Å². The number of rotatable bonds is 5. The first-order valence-electron chi connectivity index (χ1n) is 10.6. The minimum absolute atomic E-state index is 0.0572. The summed E-state index contributed by atoms with van der Waals surface area (Å²) in [5, 5.41) is 32.1. The standard InChI is InChI=1S/C22H25FN8O/c1-4-13-5-8-16(23)17(9-13)30(2)20-12-25-22(28-27-20)15-7-6-14(10-18(15)32)21-26-19(11-24)31(3)29-21/h6-7,10,12-13,16-17,32H,4-5,8-9H2,1-3H3/t13-,16+,17-/m1/s1. The average Bonchev–Trinajstić information content (AvgIpc) is 3.19. The highest BCUT2D eigenvalue weighted by Gasteiger charge is 2.33. The molecule has 0 spiro atoms. The lowest BCUT2D eigenvalue weighted by atomic mass is 9.82. The van der Waals surface area contributed by atoms with Crippen LogP contribution in [-0.4, -0.2) is 54.3 Å². The van der Waals surface area contributed by atoms with E-state index in [-0.39, 0.29) is 23.4 Å². The predicted octanol–water partition coefficient (Wildman–Crippen LogP) is 3.26. The van der Waals surface area contributed by atoms with Crippen molar-refractivity contribution in [2.75, 3.05) is 11.9 Å². The molecule has 0 unspecified atom stereocenters. The van der Waals surface area contributed by atoms with Crippen LogP contribution in [0.25, 0.3) is 22.8 Å². The van der Waals surface area contributed by atoms with Crippen molar-refractivity contribution in [3.63, 3.8) is 0 Å². The van der Waals surface area contributed by atoms with E-state index in [1.807, 2.05) is 18.0 Å². The number of nitrogens with zero attached hydrogens (tertiary/aromatic N) is 8. The van der Waals surface area contributed by atoms with Crippen molar-refractivity contribution in [2.45, 2.75) is 44.8 Å². The van der Waals surface area contributed by atoms with Gasteiger partial charge in [0.2, 0.25) is 5.82 Å². The number of alkyl halides is 1. The van der Waals surface area contributed by atoms with Gasteiger partial charge in [0.25, 0.3) is 0 Å². The Morgan fingerprint density at radius 1 is 1.28 bits per heavy atom. The Kier molecular flexibility index (Phi) is 5.99. The minimum Gasteiger partial charge on any atom is -0.507 e. The first-order chi connectivity index (χ1) is 15.4. The molecular weight excluding hydrogens is 411 g/mol. The molecule has 166 valence electrons. The van der Waals surface area contributed by atoms with Gasteiger partial charge in [0.05, 0.1) is 17.8 Å². The summed E-state index contributed by atoms with van der Waals surface area (Å²) in [5.41, 5.74) is 0.961. The number of phenols is 1. The van der Waals surface area contributed by atoms with Crippen molar-refractivity contribution in [3.05, 3.63) is 30.2 Å². The van der Waals surface area contributed by atoms with Crippen LogP contribution in [0.3, 0.4) is 0 Å². The topological polar surface area (TPSA) is 117 Å². The summed E-state index contributed by atoms with van der Waals surface area (Å²) in [6.07, 6.45) is 3.97. The molecule has 1 aliphatic rings. The molecule has 2 aromatic heterocycles. The quantitative estimate of drug-likeness (QED) is 0.648. The Morgan fingerprint density at radius 2 is 2.09 bits per heavy atom. The molecule has 0 aliphatic heterocycles. The van der Waals surface area contributed by atoms with Gasteiger partial charge < -0.3 is 10.0 Å². The smallest absolute Gasteiger partial charge is 0.231 e. The molecule has 1 N–H and O–H groups in total. The summed E-state index contributed by atoms with van der Waals surface area (Å²) >= 11 is 0. The molecule has 2 heterocycles. The fraction of sp³-hybridized carbons (Fsp3) is 0.455. The van der Waals surface area contributed by atoms with E-state index in [0.717, 1.165) is 19.3 Å². The second-order valence-electron chi connectivity index (χ2n) is 8.15. The van der Waals surface area contributed by atoms with Crippen LogP contribution in [0.1, 0.15) is 38.4 Å². The van der Waals surface area contributed by atoms with Crippen molar-refractivity contribution in [2.24, 2.45) is 13.0 Å². The molecule has 4 rings (SSSR count). The maximum atomic E-state index is 14.5. The van der Waals surface area contributed by atoms with E-state index in [1.54, 1.807) is 25.4 Å². The number of anilines is 1. The molecule has 3 atom stereocenters. The Hall–Kier alpha value is -3.61. The molecule has 0 amide bonds. The van der Waals surface area contributed by atoms with Crippen LogP contribution in [0.15, 0.2) is 24.4 Å². The van der Waals surface area contributed by atoms with Gasteiger partial charge in [-0.25, -0.2) is 14.1 Å². The maximum Gasteiger partial charge on any atom is 0.231 e. The molecule has 1 fully saturated rings. The van der Waals surface area contributed by atoms with Gasteiger partial charge in [-0.2, -0.15) is 15.3 Å². The zero-order valence-corrected chi connectivity index (χ0v) is 18.3. The molecule has 3 aromatic rings. The van der Waals surface area contributed by atoms with Crippen molar-refractivity contribution in [1.82, 2.24) is 29.9 Å². The summed E-state index contributed by atoms with van der Waals surface area (Å²) in [4.78, 5) is 10.3. The third kappa shape index (κ3) is 4.10. The highest BCUT2D eigenvalue weighted by Crippen LogP contribution is 2.34. The van der Waals surface area contributed by atoms with Gasteiger partial charge >= 0.3 is 0 Å². The largest absolute Gasteiger partial charge is 0.507 e. The first-order valence-corrected chi connectivity index (χ1v) is 10.6. The molecule has 1 aromatic carbocycles. The lowest BCUT2D eigenvalue weighted by Crippen LogP contribution is -2.44. The Morgan fingerprint density at radius 3 is 2.72 bits per heavy atom. The van der Waals surface area contributed by atoms with Crippen molar-refractivity contribution >= 4 is 5.82 Å². The van der Waals surface area contributed by atoms with Crippen LogP contribution in [0, 0.1) is 17.2 Å². The van der Waals surface area contributed by atoms with Gasteiger partial charge in [0.15, 0.2) is 17.5 Å². The maximum absolute atomic E-state index is 14.5. The van der Waals surface area contributed by atoms with E-state index in [4.69, 9.17) is 5.26 Å². The molecule has 10 heteroatoms. The van der Waals surface area contributed by atoms with Crippen molar-refractivity contribution in [1.29, 1.82) is 5.26 Å². The number of benzene rings is 1. The monoisotopic (exact) mass is 436 g/mol. The number of halogens is 1. The van der Waals surface area contributed by atoms with Crippen LogP contribution in [0.4, 0.5) is 10.2 Å². The summed E-state index contributed by atoms with van der Waals surface area (Å²) in [7, 11) is 3.45. The fourth-order valence-corrected chi connectivity index (χ4v) is 4.15. The molecule has 0 bridgehead atoms. The fourth-order valence-electron chi connectivity index (χ4n) is 4.15. The zero-order chi connectivity index (χ0) is 22.8. The number of hydrogen-bond donors (Lipinski definition) is 1. The lowest BCUT2D eigenvalue weighted by Gasteiger charge is -2.37. The predicted molar refractivity (Wildman–Crippen MR) is 116 cm³/mol. The molecule has 1 saturated carbocycles. The first kappa shape index (κ1) is 21.6. The van der Waals surface area contributed by atoms with Crippen molar-refractivity contribution in [3.8, 4) is 34.6 Å². The van der Waals surface area contributed by atoms with Gasteiger partial charge in [-0.1, -0.05) is 19.4 Å². The van der Waals surface area contributed by atoms with E-state index in [1.165, 1.54) is 10.7 Å². The van der Waals surface area contributed by atoms with Gasteiger partial charge in [-0.3, -0.25) is 0 Å². The second-order valence-corrected chi connectivity index (χ2v) is 8.15. The van der Waals surface area contributed by atoms with Crippen LogP contribution >= 0.6 is 0 Å². The van der Waals surface area contributed by atoms with E-state index in [0.29, 0.717) is 35.1 Å². The Bertz CT molecular complexity index is 1140. The van der Waals surface area contributed by atoms with Crippen LogP contribution in [0.2, 0.25) is 0 Å². The lowest BCUT2D eigenvalue weighted by molar-refractivity contribution is 0.170. The van der Waals surface area contributed by atoms with Crippen molar-refractivity contribution < 1.29 is 9.50 Å². The Balaban J connectivity index is 1.54. The molecule has 0 saturated heterocycles. The molecule has 9 nitrogen and oxygen atoms in total. The number of hydrogen-bond acceptors (Lipinski definition) is 8. The highest BCUT2D eigenvalue weighted by atomic mass is 19.1. The van der Waals surface area contributed by atoms with E-state index >= 15 is 0 Å². The number of aryl methyl sites for hydroxylation is 1. The summed E-state index contributed by atoms with van der Waals surface area (Å²) in [5.74, 6) is 1.72. The minimum atomic E-state index is -0.900. The van der Waals surface area contributed by atoms with Crippen LogP contribution < -0.4 is 4.90 Å².